The molecule has 1 amide bonds. The van der Waals surface area contributed by atoms with Gasteiger partial charge in [0, 0.05) is 12.3 Å². The van der Waals surface area contributed by atoms with Gasteiger partial charge in [-0.3, -0.25) is 9.52 Å². The molecule has 3 rings (SSSR count). The molecule has 0 bridgehead atoms. The minimum absolute atomic E-state index is 0.0820. The fourth-order valence-corrected chi connectivity index (χ4v) is 3.73. The third-order valence-electron chi connectivity index (χ3n) is 4.01. The van der Waals surface area contributed by atoms with Crippen LogP contribution in [0, 0.1) is 0 Å². The van der Waals surface area contributed by atoms with Crippen LogP contribution in [0.4, 0.5) is 11.4 Å². The number of carbonyl (C=O) groups excluding carboxylic acids is 1. The van der Waals surface area contributed by atoms with Gasteiger partial charge in [0.2, 0.25) is 0 Å². The van der Waals surface area contributed by atoms with Gasteiger partial charge in [-0.25, -0.2) is 8.42 Å². The molecule has 0 aromatic heterocycles. The summed E-state index contributed by atoms with van der Waals surface area (Å²) >= 11 is 0. The second-order valence-corrected chi connectivity index (χ2v) is 7.50. The summed E-state index contributed by atoms with van der Waals surface area (Å²) in [6.07, 6.45) is 1.12. The standard InChI is InChI=1S/C18H20N2O5S/c1-24-16-6-3-2-5-15(16)20-26(22,23)14-10-8-13(9-11-14)19-18(21)17-7-4-12-25-17/h2-3,5-6,8-11,17,20H,4,7,12H2,1H3,(H,19,21)/t17-/m0/s1. The molecule has 7 nitrogen and oxygen atoms in total. The van der Waals surface area contributed by atoms with Gasteiger partial charge in [-0.15, -0.1) is 0 Å². The molecular weight excluding hydrogens is 356 g/mol. The normalized spacial score (nSPS) is 16.9. The fourth-order valence-electron chi connectivity index (χ4n) is 2.66. The van der Waals surface area contributed by atoms with E-state index in [0.29, 0.717) is 30.2 Å². The molecule has 0 unspecified atom stereocenters. The van der Waals surface area contributed by atoms with Crippen molar-refractivity contribution < 1.29 is 22.7 Å². The van der Waals surface area contributed by atoms with Gasteiger partial charge in [0.1, 0.15) is 11.9 Å². The van der Waals surface area contributed by atoms with E-state index in [1.165, 1.54) is 19.2 Å². The molecule has 26 heavy (non-hydrogen) atoms. The summed E-state index contributed by atoms with van der Waals surface area (Å²) < 4.78 is 38.1. The molecule has 0 saturated carbocycles. The first-order valence-corrected chi connectivity index (χ1v) is 9.66. The van der Waals surface area contributed by atoms with Crippen LogP contribution in [0.3, 0.4) is 0 Å². The van der Waals surface area contributed by atoms with Crippen LogP contribution in [0.2, 0.25) is 0 Å². The number of carbonyl (C=O) groups is 1. The number of sulfonamides is 1. The minimum Gasteiger partial charge on any atom is -0.495 e. The molecule has 1 heterocycles. The number of hydrogen-bond acceptors (Lipinski definition) is 5. The first kappa shape index (κ1) is 18.2. The van der Waals surface area contributed by atoms with Crippen molar-refractivity contribution in [2.24, 2.45) is 0 Å². The van der Waals surface area contributed by atoms with Crippen LogP contribution in [-0.4, -0.2) is 34.1 Å². The number of para-hydroxylation sites is 2. The Morgan fingerprint density at radius 1 is 1.15 bits per heavy atom. The summed E-state index contributed by atoms with van der Waals surface area (Å²) in [4.78, 5) is 12.1. The molecule has 1 aliphatic rings. The molecule has 1 aliphatic heterocycles. The van der Waals surface area contributed by atoms with Crippen molar-refractivity contribution in [3.8, 4) is 5.75 Å². The van der Waals surface area contributed by atoms with Crippen molar-refractivity contribution in [2.75, 3.05) is 23.8 Å². The van der Waals surface area contributed by atoms with Crippen LogP contribution < -0.4 is 14.8 Å². The van der Waals surface area contributed by atoms with Gasteiger partial charge in [0.15, 0.2) is 0 Å². The predicted molar refractivity (Wildman–Crippen MR) is 97.8 cm³/mol. The third kappa shape index (κ3) is 4.14. The van der Waals surface area contributed by atoms with Crippen molar-refractivity contribution in [3.05, 3.63) is 48.5 Å². The second kappa shape index (κ2) is 7.76. The number of methoxy groups -OCH3 is 1. The zero-order valence-corrected chi connectivity index (χ0v) is 15.1. The number of amides is 1. The topological polar surface area (TPSA) is 93.7 Å². The smallest absolute Gasteiger partial charge is 0.262 e. The van der Waals surface area contributed by atoms with Crippen molar-refractivity contribution in [1.82, 2.24) is 0 Å². The van der Waals surface area contributed by atoms with Crippen molar-refractivity contribution >= 4 is 27.3 Å². The van der Waals surface area contributed by atoms with Gasteiger partial charge < -0.3 is 14.8 Å². The summed E-state index contributed by atoms with van der Waals surface area (Å²) in [6, 6.07) is 12.7. The maximum absolute atomic E-state index is 12.5. The number of hydrogen-bond donors (Lipinski definition) is 2. The van der Waals surface area contributed by atoms with Crippen molar-refractivity contribution in [3.63, 3.8) is 0 Å². The lowest BCUT2D eigenvalue weighted by atomic mass is 10.2. The van der Waals surface area contributed by atoms with Crippen LogP contribution in [-0.2, 0) is 19.6 Å². The van der Waals surface area contributed by atoms with E-state index in [1.54, 1.807) is 36.4 Å². The van der Waals surface area contributed by atoms with E-state index in [1.807, 2.05) is 0 Å². The lowest BCUT2D eigenvalue weighted by Gasteiger charge is -2.13. The predicted octanol–water partition coefficient (Wildman–Crippen LogP) is 2.61. The molecule has 8 heteroatoms. The highest BCUT2D eigenvalue weighted by atomic mass is 32.2. The minimum atomic E-state index is -3.77. The molecule has 1 saturated heterocycles. The van der Waals surface area contributed by atoms with Crippen molar-refractivity contribution in [1.29, 1.82) is 0 Å². The van der Waals surface area contributed by atoms with Gasteiger partial charge >= 0.3 is 0 Å². The molecule has 0 aliphatic carbocycles. The molecule has 2 aromatic carbocycles. The first-order valence-electron chi connectivity index (χ1n) is 8.18. The van der Waals surface area contributed by atoms with E-state index < -0.39 is 16.1 Å². The lowest BCUT2D eigenvalue weighted by molar-refractivity contribution is -0.124. The highest BCUT2D eigenvalue weighted by Crippen LogP contribution is 2.26. The van der Waals surface area contributed by atoms with E-state index in [-0.39, 0.29) is 10.8 Å². The molecule has 1 fully saturated rings. The molecule has 2 aromatic rings. The highest BCUT2D eigenvalue weighted by Gasteiger charge is 2.23. The molecule has 0 spiro atoms. The van der Waals surface area contributed by atoms with Gasteiger partial charge in [0.25, 0.3) is 15.9 Å². The summed E-state index contributed by atoms with van der Waals surface area (Å²) in [5, 5.41) is 2.73. The monoisotopic (exact) mass is 376 g/mol. The Kier molecular flexibility index (Phi) is 5.43. The molecule has 2 N–H and O–H groups in total. The number of anilines is 2. The Bertz CT molecular complexity index is 875. The summed E-state index contributed by atoms with van der Waals surface area (Å²) in [7, 11) is -2.30. The Labute approximate surface area is 152 Å². The average Bonchev–Trinajstić information content (AvgIpc) is 3.17. The first-order chi connectivity index (χ1) is 12.5. The SMILES string of the molecule is COc1ccccc1NS(=O)(=O)c1ccc(NC(=O)[C@@H]2CCCO2)cc1. The van der Waals surface area contributed by atoms with Crippen LogP contribution in [0.5, 0.6) is 5.75 Å². The van der Waals surface area contributed by atoms with Crippen molar-refractivity contribution in [2.45, 2.75) is 23.8 Å². The fraction of sp³-hybridized carbons (Fsp3) is 0.278. The molecular formula is C18H20N2O5S. The van der Waals surface area contributed by atoms with Gasteiger partial charge in [-0.05, 0) is 49.2 Å². The highest BCUT2D eigenvalue weighted by molar-refractivity contribution is 7.92. The average molecular weight is 376 g/mol. The van der Waals surface area contributed by atoms with E-state index in [9.17, 15) is 13.2 Å². The zero-order valence-electron chi connectivity index (χ0n) is 14.3. The van der Waals surface area contributed by atoms with Crippen LogP contribution in [0.25, 0.3) is 0 Å². The zero-order chi connectivity index (χ0) is 18.6. The van der Waals surface area contributed by atoms with E-state index >= 15 is 0 Å². The van der Waals surface area contributed by atoms with Crippen LogP contribution in [0.1, 0.15) is 12.8 Å². The molecule has 1 atom stereocenters. The third-order valence-corrected chi connectivity index (χ3v) is 5.39. The van der Waals surface area contributed by atoms with Gasteiger partial charge in [-0.2, -0.15) is 0 Å². The second-order valence-electron chi connectivity index (χ2n) is 5.82. The molecule has 138 valence electrons. The summed E-state index contributed by atoms with van der Waals surface area (Å²) in [6.45, 7) is 0.587. The maximum atomic E-state index is 12.5. The number of rotatable bonds is 6. The Morgan fingerprint density at radius 2 is 1.88 bits per heavy atom. The number of ether oxygens (including phenoxy) is 2. The lowest BCUT2D eigenvalue weighted by Crippen LogP contribution is -2.26. The van der Waals surface area contributed by atoms with E-state index in [4.69, 9.17) is 9.47 Å². The van der Waals surface area contributed by atoms with Gasteiger partial charge in [0.05, 0.1) is 17.7 Å². The molecule has 0 radical (unpaired) electrons. The maximum Gasteiger partial charge on any atom is 0.262 e. The summed E-state index contributed by atoms with van der Waals surface area (Å²) in [5.74, 6) is 0.210. The van der Waals surface area contributed by atoms with E-state index in [0.717, 1.165) is 6.42 Å². The van der Waals surface area contributed by atoms with E-state index in [2.05, 4.69) is 10.0 Å². The summed E-state index contributed by atoms with van der Waals surface area (Å²) in [5.41, 5.74) is 0.868. The van der Waals surface area contributed by atoms with Gasteiger partial charge in [-0.1, -0.05) is 12.1 Å². The quantitative estimate of drug-likeness (QED) is 0.808. The van der Waals surface area contributed by atoms with Crippen LogP contribution in [0.15, 0.2) is 53.4 Å². The number of benzene rings is 2. The number of nitrogens with one attached hydrogen (secondary N) is 2. The largest absolute Gasteiger partial charge is 0.495 e. The Morgan fingerprint density at radius 3 is 2.54 bits per heavy atom. The van der Waals surface area contributed by atoms with Crippen LogP contribution >= 0.6 is 0 Å². The Hall–Kier alpha value is -2.58. The Balaban J connectivity index is 1.71.